The Labute approximate surface area is 127 Å². The van der Waals surface area contributed by atoms with Gasteiger partial charge in [-0.3, -0.25) is 20.4 Å². The standard InChI is InChI=1S/C14H18N6O2/c1-3-10(4-2)13(21)16-17-14(22)11-5-7-12(8-6-11)20-9-15-18-19-20/h5-10H,3-4H2,1-2H3,(H,16,21)(H,17,22). The molecule has 0 unspecified atom stereocenters. The van der Waals surface area contributed by atoms with E-state index in [0.717, 1.165) is 18.5 Å². The summed E-state index contributed by atoms with van der Waals surface area (Å²) >= 11 is 0. The maximum atomic E-state index is 12.0. The minimum atomic E-state index is -0.373. The number of hydrogen-bond donors (Lipinski definition) is 2. The number of hydrazine groups is 1. The van der Waals surface area contributed by atoms with Gasteiger partial charge in [0.2, 0.25) is 5.91 Å². The summed E-state index contributed by atoms with van der Waals surface area (Å²) in [5.74, 6) is -0.645. The molecule has 0 aliphatic carbocycles. The molecular weight excluding hydrogens is 284 g/mol. The van der Waals surface area contributed by atoms with E-state index in [1.165, 1.54) is 11.0 Å². The number of rotatable bonds is 5. The number of tetrazole rings is 1. The van der Waals surface area contributed by atoms with Crippen molar-refractivity contribution in [2.45, 2.75) is 26.7 Å². The maximum Gasteiger partial charge on any atom is 0.269 e. The minimum absolute atomic E-state index is 0.0949. The van der Waals surface area contributed by atoms with E-state index in [1.54, 1.807) is 24.3 Å². The molecule has 22 heavy (non-hydrogen) atoms. The van der Waals surface area contributed by atoms with Crippen LogP contribution in [0.5, 0.6) is 0 Å². The van der Waals surface area contributed by atoms with Gasteiger partial charge in [0.25, 0.3) is 5.91 Å². The molecule has 0 aliphatic heterocycles. The maximum absolute atomic E-state index is 12.0. The Kier molecular flexibility index (Phi) is 5.18. The zero-order valence-electron chi connectivity index (χ0n) is 12.5. The minimum Gasteiger partial charge on any atom is -0.273 e. The van der Waals surface area contributed by atoms with E-state index in [4.69, 9.17) is 0 Å². The molecule has 1 aromatic heterocycles. The van der Waals surface area contributed by atoms with Gasteiger partial charge >= 0.3 is 0 Å². The van der Waals surface area contributed by atoms with Crippen LogP contribution in [-0.2, 0) is 4.79 Å². The zero-order chi connectivity index (χ0) is 15.9. The molecule has 116 valence electrons. The van der Waals surface area contributed by atoms with Gasteiger partial charge < -0.3 is 0 Å². The second-order valence-electron chi connectivity index (χ2n) is 4.76. The molecule has 8 nitrogen and oxygen atoms in total. The van der Waals surface area contributed by atoms with E-state index in [1.807, 2.05) is 13.8 Å². The van der Waals surface area contributed by atoms with Crippen LogP contribution in [0.25, 0.3) is 5.69 Å². The summed E-state index contributed by atoms with van der Waals surface area (Å²) in [5.41, 5.74) is 6.04. The summed E-state index contributed by atoms with van der Waals surface area (Å²) in [6.07, 6.45) is 2.93. The first-order valence-electron chi connectivity index (χ1n) is 7.09. The van der Waals surface area contributed by atoms with Crippen molar-refractivity contribution >= 4 is 11.8 Å². The molecule has 0 atom stereocenters. The molecular formula is C14H18N6O2. The Morgan fingerprint density at radius 2 is 1.82 bits per heavy atom. The Hall–Kier alpha value is -2.77. The molecule has 1 heterocycles. The van der Waals surface area contributed by atoms with Gasteiger partial charge in [0.1, 0.15) is 6.33 Å². The van der Waals surface area contributed by atoms with Crippen molar-refractivity contribution in [1.82, 2.24) is 31.1 Å². The highest BCUT2D eigenvalue weighted by atomic mass is 16.2. The normalized spacial score (nSPS) is 10.5. The fourth-order valence-electron chi connectivity index (χ4n) is 2.00. The number of hydrogen-bond acceptors (Lipinski definition) is 5. The van der Waals surface area contributed by atoms with Crippen LogP contribution < -0.4 is 10.9 Å². The molecule has 2 aromatic rings. The van der Waals surface area contributed by atoms with Crippen molar-refractivity contribution in [2.24, 2.45) is 5.92 Å². The van der Waals surface area contributed by atoms with Gasteiger partial charge in [-0.1, -0.05) is 13.8 Å². The fourth-order valence-corrected chi connectivity index (χ4v) is 2.00. The monoisotopic (exact) mass is 302 g/mol. The second kappa shape index (κ2) is 7.30. The molecule has 0 radical (unpaired) electrons. The van der Waals surface area contributed by atoms with Crippen molar-refractivity contribution < 1.29 is 9.59 Å². The molecule has 8 heteroatoms. The lowest BCUT2D eigenvalue weighted by molar-refractivity contribution is -0.125. The van der Waals surface area contributed by atoms with Crippen LogP contribution in [-0.4, -0.2) is 32.0 Å². The zero-order valence-corrected chi connectivity index (χ0v) is 12.5. The molecule has 0 spiro atoms. The van der Waals surface area contributed by atoms with Gasteiger partial charge in [-0.05, 0) is 47.5 Å². The van der Waals surface area contributed by atoms with Crippen LogP contribution in [0.4, 0.5) is 0 Å². The number of nitrogens with one attached hydrogen (secondary N) is 2. The predicted molar refractivity (Wildman–Crippen MR) is 78.8 cm³/mol. The first kappa shape index (κ1) is 15.6. The van der Waals surface area contributed by atoms with Crippen LogP contribution in [0.1, 0.15) is 37.0 Å². The summed E-state index contributed by atoms with van der Waals surface area (Å²) in [5, 5.41) is 10.8. The van der Waals surface area contributed by atoms with Gasteiger partial charge in [-0.25, -0.2) is 4.68 Å². The number of amides is 2. The second-order valence-corrected chi connectivity index (χ2v) is 4.76. The third-order valence-electron chi connectivity index (χ3n) is 3.40. The molecule has 0 bridgehead atoms. The molecule has 0 fully saturated rings. The highest BCUT2D eigenvalue weighted by molar-refractivity contribution is 5.95. The summed E-state index contributed by atoms with van der Waals surface area (Å²) < 4.78 is 1.48. The van der Waals surface area contributed by atoms with E-state index in [-0.39, 0.29) is 17.7 Å². The van der Waals surface area contributed by atoms with Gasteiger partial charge in [-0.15, -0.1) is 5.10 Å². The number of carbonyl (C=O) groups is 2. The quantitative estimate of drug-likeness (QED) is 0.798. The number of nitrogens with zero attached hydrogens (tertiary/aromatic N) is 4. The fraction of sp³-hybridized carbons (Fsp3) is 0.357. The summed E-state index contributed by atoms with van der Waals surface area (Å²) in [4.78, 5) is 23.8. The Morgan fingerprint density at radius 1 is 1.14 bits per heavy atom. The van der Waals surface area contributed by atoms with E-state index >= 15 is 0 Å². The smallest absolute Gasteiger partial charge is 0.269 e. The lowest BCUT2D eigenvalue weighted by Crippen LogP contribution is -2.44. The molecule has 2 rings (SSSR count). The topological polar surface area (TPSA) is 102 Å². The average Bonchev–Trinajstić information content (AvgIpc) is 3.08. The largest absolute Gasteiger partial charge is 0.273 e. The first-order chi connectivity index (χ1) is 10.7. The van der Waals surface area contributed by atoms with Crippen molar-refractivity contribution in [2.75, 3.05) is 0 Å². The highest BCUT2D eigenvalue weighted by Crippen LogP contribution is 2.08. The van der Waals surface area contributed by atoms with E-state index in [2.05, 4.69) is 26.4 Å². The van der Waals surface area contributed by atoms with Crippen LogP contribution >= 0.6 is 0 Å². The number of benzene rings is 1. The van der Waals surface area contributed by atoms with Gasteiger partial charge in [0, 0.05) is 11.5 Å². The molecule has 1 aromatic carbocycles. The molecule has 0 aliphatic rings. The van der Waals surface area contributed by atoms with Gasteiger partial charge in [0.05, 0.1) is 5.69 Å². The van der Waals surface area contributed by atoms with Crippen molar-refractivity contribution in [3.05, 3.63) is 36.2 Å². The summed E-state index contributed by atoms with van der Waals surface area (Å²) in [6, 6.07) is 6.70. The van der Waals surface area contributed by atoms with Gasteiger partial charge in [0.15, 0.2) is 0 Å². The summed E-state index contributed by atoms with van der Waals surface area (Å²) in [6.45, 7) is 3.88. The first-order valence-corrected chi connectivity index (χ1v) is 7.09. The molecule has 0 saturated carbocycles. The SMILES string of the molecule is CCC(CC)C(=O)NNC(=O)c1ccc(-n2cnnn2)cc1. The molecule has 2 amide bonds. The van der Waals surface area contributed by atoms with Crippen LogP contribution in [0.15, 0.2) is 30.6 Å². The van der Waals surface area contributed by atoms with E-state index in [0.29, 0.717) is 5.56 Å². The molecule has 2 N–H and O–H groups in total. The van der Waals surface area contributed by atoms with Crippen molar-refractivity contribution in [1.29, 1.82) is 0 Å². The number of carbonyl (C=O) groups excluding carboxylic acids is 2. The average molecular weight is 302 g/mol. The lowest BCUT2D eigenvalue weighted by atomic mass is 10.0. The van der Waals surface area contributed by atoms with Crippen LogP contribution in [0, 0.1) is 5.92 Å². The molecule has 0 saturated heterocycles. The summed E-state index contributed by atoms with van der Waals surface area (Å²) in [7, 11) is 0. The van der Waals surface area contributed by atoms with Crippen molar-refractivity contribution in [3.8, 4) is 5.69 Å². The third-order valence-corrected chi connectivity index (χ3v) is 3.40. The highest BCUT2D eigenvalue weighted by Gasteiger charge is 2.15. The van der Waals surface area contributed by atoms with E-state index < -0.39 is 0 Å². The van der Waals surface area contributed by atoms with Gasteiger partial charge in [-0.2, -0.15) is 0 Å². The van der Waals surface area contributed by atoms with Crippen LogP contribution in [0.2, 0.25) is 0 Å². The lowest BCUT2D eigenvalue weighted by Gasteiger charge is -2.13. The van der Waals surface area contributed by atoms with Crippen molar-refractivity contribution in [3.63, 3.8) is 0 Å². The number of aromatic nitrogens is 4. The van der Waals surface area contributed by atoms with Crippen LogP contribution in [0.3, 0.4) is 0 Å². The Balaban J connectivity index is 1.94. The Bertz CT molecular complexity index is 619. The third kappa shape index (κ3) is 3.66. The predicted octanol–water partition coefficient (Wildman–Crippen LogP) is 0.859. The van der Waals surface area contributed by atoms with E-state index in [9.17, 15) is 9.59 Å². The Morgan fingerprint density at radius 3 is 2.36 bits per heavy atom.